The number of dihydropyridines is 1. The Morgan fingerprint density at radius 2 is 1.25 bits per heavy atom. The van der Waals surface area contributed by atoms with Crippen molar-refractivity contribution in [3.8, 4) is 33.5 Å². The third-order valence-corrected chi connectivity index (χ3v) is 9.93. The molecule has 0 fully saturated rings. The molecule has 2 heterocycles. The topological polar surface area (TPSA) is 24.9 Å². The molecular weight excluding hydrogens is 581 g/mol. The van der Waals surface area contributed by atoms with Crippen LogP contribution in [0.1, 0.15) is 28.2 Å². The van der Waals surface area contributed by atoms with Gasteiger partial charge >= 0.3 is 0 Å². The zero-order chi connectivity index (χ0) is 31.9. The Labute approximate surface area is 281 Å². The van der Waals surface area contributed by atoms with E-state index in [1.165, 1.54) is 71.7 Å². The number of benzene rings is 6. The van der Waals surface area contributed by atoms with Crippen LogP contribution < -0.4 is 5.32 Å². The van der Waals surface area contributed by atoms with Crippen LogP contribution in [0.2, 0.25) is 0 Å². The Morgan fingerprint density at radius 1 is 0.583 bits per heavy atom. The first-order valence-corrected chi connectivity index (χ1v) is 16.8. The lowest BCUT2D eigenvalue weighted by molar-refractivity contribution is 0.837. The van der Waals surface area contributed by atoms with Crippen LogP contribution in [-0.2, 0) is 6.42 Å². The first-order valence-electron chi connectivity index (χ1n) is 16.8. The van der Waals surface area contributed by atoms with Gasteiger partial charge in [-0.25, -0.2) is 0 Å². The third kappa shape index (κ3) is 4.94. The highest BCUT2D eigenvalue weighted by Gasteiger charge is 2.26. The van der Waals surface area contributed by atoms with E-state index in [0.717, 1.165) is 24.2 Å². The van der Waals surface area contributed by atoms with E-state index in [0.29, 0.717) is 0 Å². The number of pyridine rings is 1. The summed E-state index contributed by atoms with van der Waals surface area (Å²) in [5.74, 6) is 0.267. The molecule has 0 spiro atoms. The van der Waals surface area contributed by atoms with Crippen LogP contribution in [0.4, 0.5) is 0 Å². The molecule has 1 aliphatic heterocycles. The van der Waals surface area contributed by atoms with Gasteiger partial charge in [0.2, 0.25) is 0 Å². The lowest BCUT2D eigenvalue weighted by atomic mass is 9.75. The van der Waals surface area contributed by atoms with Crippen molar-refractivity contribution in [2.24, 2.45) is 0 Å². The molecule has 2 heteroatoms. The molecule has 1 aromatic heterocycles. The molecule has 2 nitrogen and oxygen atoms in total. The van der Waals surface area contributed by atoms with Crippen LogP contribution in [0.5, 0.6) is 0 Å². The van der Waals surface area contributed by atoms with Gasteiger partial charge in [-0.05, 0) is 90.7 Å². The van der Waals surface area contributed by atoms with Crippen LogP contribution in [0.15, 0.2) is 164 Å². The van der Waals surface area contributed by atoms with E-state index < -0.39 is 0 Å². The van der Waals surface area contributed by atoms with E-state index in [1.807, 2.05) is 18.3 Å². The van der Waals surface area contributed by atoms with Gasteiger partial charge in [0.05, 0.1) is 5.69 Å². The highest BCUT2D eigenvalue weighted by molar-refractivity contribution is 6.10. The van der Waals surface area contributed by atoms with Crippen molar-refractivity contribution in [1.82, 2.24) is 10.3 Å². The maximum absolute atomic E-state index is 4.60. The Hall–Kier alpha value is -5.99. The molecular formula is C46H34N2. The lowest BCUT2D eigenvalue weighted by Crippen LogP contribution is -2.14. The van der Waals surface area contributed by atoms with Gasteiger partial charge in [-0.15, -0.1) is 0 Å². The van der Waals surface area contributed by atoms with E-state index in [-0.39, 0.29) is 5.92 Å². The summed E-state index contributed by atoms with van der Waals surface area (Å²) in [7, 11) is 0. The molecule has 1 aliphatic carbocycles. The zero-order valence-electron chi connectivity index (χ0n) is 26.6. The van der Waals surface area contributed by atoms with Gasteiger partial charge < -0.3 is 5.32 Å². The molecule has 0 amide bonds. The second-order valence-corrected chi connectivity index (χ2v) is 12.7. The summed E-state index contributed by atoms with van der Waals surface area (Å²) in [6, 6.07) is 48.7. The Balaban J connectivity index is 1.25. The van der Waals surface area contributed by atoms with Crippen LogP contribution in [0.25, 0.3) is 66.8 Å². The molecule has 7 aromatic rings. The summed E-state index contributed by atoms with van der Waals surface area (Å²) in [6.07, 6.45) is 14.1. The minimum atomic E-state index is 0.267. The lowest BCUT2D eigenvalue weighted by Gasteiger charge is -2.28. The highest BCUT2D eigenvalue weighted by Crippen LogP contribution is 2.47. The second kappa shape index (κ2) is 12.0. The molecule has 2 aliphatic rings. The largest absolute Gasteiger partial charge is 0.381 e. The van der Waals surface area contributed by atoms with Gasteiger partial charge in [0.15, 0.2) is 0 Å². The zero-order valence-corrected chi connectivity index (χ0v) is 26.6. The fraction of sp³-hybridized carbons (Fsp3) is 0.0652. The molecule has 0 radical (unpaired) electrons. The minimum absolute atomic E-state index is 0.267. The van der Waals surface area contributed by atoms with Gasteiger partial charge in [-0.3, -0.25) is 4.98 Å². The number of nitrogens with one attached hydrogen (secondary N) is 1. The third-order valence-electron chi connectivity index (χ3n) is 9.93. The van der Waals surface area contributed by atoms with Gasteiger partial charge in [0.1, 0.15) is 0 Å². The Bertz CT molecular complexity index is 2390. The van der Waals surface area contributed by atoms with Crippen molar-refractivity contribution in [2.45, 2.75) is 12.3 Å². The number of hydrogen-bond acceptors (Lipinski definition) is 2. The van der Waals surface area contributed by atoms with E-state index >= 15 is 0 Å². The number of hydrogen-bond donors (Lipinski definition) is 1. The predicted molar refractivity (Wildman–Crippen MR) is 203 cm³/mol. The normalized spacial score (nSPS) is 15.2. The summed E-state index contributed by atoms with van der Waals surface area (Å²) >= 11 is 0. The van der Waals surface area contributed by atoms with E-state index in [2.05, 4.69) is 162 Å². The average Bonchev–Trinajstić information content (AvgIpc) is 3.17. The smallest absolute Gasteiger partial charge is 0.0701 e. The Kier molecular flexibility index (Phi) is 7.05. The molecule has 0 bridgehead atoms. The Morgan fingerprint density at radius 3 is 2.00 bits per heavy atom. The second-order valence-electron chi connectivity index (χ2n) is 12.7. The van der Waals surface area contributed by atoms with Crippen molar-refractivity contribution in [1.29, 1.82) is 0 Å². The van der Waals surface area contributed by atoms with E-state index in [9.17, 15) is 0 Å². The van der Waals surface area contributed by atoms with Crippen molar-refractivity contribution in [3.63, 3.8) is 0 Å². The summed E-state index contributed by atoms with van der Waals surface area (Å²) < 4.78 is 0. The average molecular weight is 615 g/mol. The summed E-state index contributed by atoms with van der Waals surface area (Å²) in [5, 5.41) is 8.69. The molecule has 0 saturated heterocycles. The standard InChI is InChI=1S/C46H34N2/c1-2-12-37-31(10-1)11-9-15-38(37)36-26-27-41-42(30-36)46(35-24-20-33(21-25-35)44-17-6-8-29-48-44)40-14-4-3-13-39(40)45(41)34-22-18-32(19-23-34)43-16-5-7-28-47-43/h1-27,29,36,47H,28,30H2. The quantitative estimate of drug-likeness (QED) is 0.209. The number of aromatic nitrogens is 1. The molecule has 1 unspecified atom stereocenters. The van der Waals surface area contributed by atoms with Gasteiger partial charge in [-0.2, -0.15) is 0 Å². The van der Waals surface area contributed by atoms with Crippen LogP contribution in [0.3, 0.4) is 0 Å². The summed E-state index contributed by atoms with van der Waals surface area (Å²) in [6.45, 7) is 0.860. The summed E-state index contributed by atoms with van der Waals surface area (Å²) in [4.78, 5) is 4.60. The van der Waals surface area contributed by atoms with Crippen LogP contribution in [0, 0.1) is 0 Å². The monoisotopic (exact) mass is 614 g/mol. The van der Waals surface area contributed by atoms with E-state index in [1.54, 1.807) is 0 Å². The molecule has 1 atom stereocenters. The SMILES string of the molecule is C1=CCNC(c2ccc(-c3c4c(c(-c5ccc(-c6ccccn6)cc5)c5ccccc35)CC(c3cccc5ccccc35)C=C4)cc2)=C1. The molecule has 228 valence electrons. The van der Waals surface area contributed by atoms with Gasteiger partial charge in [0.25, 0.3) is 0 Å². The molecule has 1 N–H and O–H groups in total. The first-order chi connectivity index (χ1) is 23.8. The molecule has 6 aromatic carbocycles. The van der Waals surface area contributed by atoms with Crippen LogP contribution in [-0.4, -0.2) is 11.5 Å². The van der Waals surface area contributed by atoms with Crippen molar-refractivity contribution < 1.29 is 0 Å². The van der Waals surface area contributed by atoms with Gasteiger partial charge in [-0.1, -0.05) is 146 Å². The molecule has 0 saturated carbocycles. The number of fused-ring (bicyclic) bond motifs is 3. The number of rotatable bonds is 5. The number of nitrogens with zero attached hydrogens (tertiary/aromatic N) is 1. The van der Waals surface area contributed by atoms with E-state index in [4.69, 9.17) is 0 Å². The fourth-order valence-corrected chi connectivity index (χ4v) is 7.65. The predicted octanol–water partition coefficient (Wildman–Crippen LogP) is 11.2. The number of allylic oxidation sites excluding steroid dienone is 3. The minimum Gasteiger partial charge on any atom is -0.381 e. The van der Waals surface area contributed by atoms with Gasteiger partial charge in [0, 0.05) is 29.9 Å². The molecule has 9 rings (SSSR count). The maximum atomic E-state index is 4.60. The molecule has 48 heavy (non-hydrogen) atoms. The van der Waals surface area contributed by atoms with Crippen molar-refractivity contribution in [3.05, 3.63) is 186 Å². The highest BCUT2D eigenvalue weighted by atomic mass is 14.9. The summed E-state index contributed by atoms with van der Waals surface area (Å²) in [5.41, 5.74) is 13.7. The van der Waals surface area contributed by atoms with Crippen molar-refractivity contribution >= 4 is 33.3 Å². The first kappa shape index (κ1) is 28.3. The maximum Gasteiger partial charge on any atom is 0.0701 e. The van der Waals surface area contributed by atoms with Crippen molar-refractivity contribution in [2.75, 3.05) is 6.54 Å². The fourth-order valence-electron chi connectivity index (χ4n) is 7.65. The van der Waals surface area contributed by atoms with Crippen LogP contribution >= 0.6 is 0 Å².